The lowest BCUT2D eigenvalue weighted by molar-refractivity contribution is -0.121. The first-order valence-corrected chi connectivity index (χ1v) is 10.6. The molecule has 0 aliphatic carbocycles. The lowest BCUT2D eigenvalue weighted by Crippen LogP contribution is -2.40. The second-order valence-electron chi connectivity index (χ2n) is 8.05. The zero-order chi connectivity index (χ0) is 21.8. The average Bonchev–Trinajstić information content (AvgIpc) is 3.25. The number of ether oxygens (including phenoxy) is 1. The van der Waals surface area contributed by atoms with Crippen LogP contribution >= 0.6 is 0 Å². The molecule has 0 bridgehead atoms. The van der Waals surface area contributed by atoms with Crippen LogP contribution in [0.5, 0.6) is 5.75 Å². The third kappa shape index (κ3) is 4.94. The van der Waals surface area contributed by atoms with Gasteiger partial charge in [0.15, 0.2) is 0 Å². The van der Waals surface area contributed by atoms with Crippen LogP contribution in [0.4, 0.5) is 5.69 Å². The topological polar surface area (TPSA) is 80.5 Å². The number of carbonyl (C=O) groups is 1. The zero-order valence-corrected chi connectivity index (χ0v) is 18.2. The Hall–Kier alpha value is -3.19. The molecular weight excluding hydrogens is 392 g/mol. The summed E-state index contributed by atoms with van der Waals surface area (Å²) >= 11 is 0. The van der Waals surface area contributed by atoms with Crippen molar-refractivity contribution in [2.45, 2.75) is 33.2 Å². The molecule has 1 aliphatic heterocycles. The number of aryl methyl sites for hydroxylation is 1. The molecule has 1 N–H and O–H groups in total. The molecule has 4 rings (SSSR count). The van der Waals surface area contributed by atoms with Crippen molar-refractivity contribution in [1.29, 1.82) is 0 Å². The van der Waals surface area contributed by atoms with E-state index in [-0.39, 0.29) is 11.8 Å². The van der Waals surface area contributed by atoms with Gasteiger partial charge in [-0.15, -0.1) is 0 Å². The largest absolute Gasteiger partial charge is 0.497 e. The maximum Gasteiger partial charge on any atom is 0.241 e. The molecule has 31 heavy (non-hydrogen) atoms. The normalized spacial score (nSPS) is 16.8. The number of likely N-dealkylation sites (tertiary alicyclic amines) is 1. The summed E-state index contributed by atoms with van der Waals surface area (Å²) in [5.74, 6) is 1.91. The van der Waals surface area contributed by atoms with Crippen LogP contribution < -0.4 is 10.1 Å². The van der Waals surface area contributed by atoms with Gasteiger partial charge in [-0.25, -0.2) is 0 Å². The molecule has 1 aliphatic rings. The van der Waals surface area contributed by atoms with Crippen LogP contribution in [-0.4, -0.2) is 41.1 Å². The van der Waals surface area contributed by atoms with Gasteiger partial charge in [0.05, 0.1) is 19.6 Å². The summed E-state index contributed by atoms with van der Waals surface area (Å²) in [5.41, 5.74) is 4.05. The number of carbonyl (C=O) groups excluding carboxylic acids is 1. The van der Waals surface area contributed by atoms with Crippen LogP contribution in [0.25, 0.3) is 11.4 Å². The summed E-state index contributed by atoms with van der Waals surface area (Å²) in [4.78, 5) is 19.6. The Kier molecular flexibility index (Phi) is 6.32. The van der Waals surface area contributed by atoms with Crippen LogP contribution in [-0.2, 0) is 11.3 Å². The molecular formula is C24H28N4O3. The molecule has 7 nitrogen and oxygen atoms in total. The van der Waals surface area contributed by atoms with E-state index in [4.69, 9.17) is 9.26 Å². The predicted octanol–water partition coefficient (Wildman–Crippen LogP) is 4.21. The van der Waals surface area contributed by atoms with Crippen molar-refractivity contribution >= 4 is 11.6 Å². The fourth-order valence-electron chi connectivity index (χ4n) is 3.90. The summed E-state index contributed by atoms with van der Waals surface area (Å²) in [6, 6.07) is 13.5. The maximum absolute atomic E-state index is 12.9. The highest BCUT2D eigenvalue weighted by atomic mass is 16.5. The monoisotopic (exact) mass is 420 g/mol. The van der Waals surface area contributed by atoms with Gasteiger partial charge in [-0.05, 0) is 74.7 Å². The molecule has 1 fully saturated rings. The third-order valence-electron chi connectivity index (χ3n) is 5.91. The van der Waals surface area contributed by atoms with Crippen LogP contribution in [0.2, 0.25) is 0 Å². The SMILES string of the molecule is COc1ccc(-c2noc(CN3CCCC(C(=O)Nc4cccc(C)c4C)C3)n2)cc1. The highest BCUT2D eigenvalue weighted by Crippen LogP contribution is 2.24. The number of nitrogens with one attached hydrogen (secondary N) is 1. The van der Waals surface area contributed by atoms with Crippen molar-refractivity contribution in [3.63, 3.8) is 0 Å². The van der Waals surface area contributed by atoms with E-state index in [0.717, 1.165) is 42.0 Å². The summed E-state index contributed by atoms with van der Waals surface area (Å²) < 4.78 is 10.7. The van der Waals surface area contributed by atoms with E-state index in [1.165, 1.54) is 5.56 Å². The quantitative estimate of drug-likeness (QED) is 0.643. The lowest BCUT2D eigenvalue weighted by Gasteiger charge is -2.31. The molecule has 1 atom stereocenters. The predicted molar refractivity (Wildman–Crippen MR) is 119 cm³/mol. The van der Waals surface area contributed by atoms with E-state index >= 15 is 0 Å². The number of anilines is 1. The van der Waals surface area contributed by atoms with E-state index in [2.05, 4.69) is 33.3 Å². The lowest BCUT2D eigenvalue weighted by atomic mass is 9.96. The minimum Gasteiger partial charge on any atom is -0.497 e. The number of hydrogen-bond acceptors (Lipinski definition) is 6. The van der Waals surface area contributed by atoms with Gasteiger partial charge in [-0.3, -0.25) is 9.69 Å². The number of piperidine rings is 1. The van der Waals surface area contributed by atoms with Gasteiger partial charge in [0, 0.05) is 17.8 Å². The highest BCUT2D eigenvalue weighted by molar-refractivity contribution is 5.93. The van der Waals surface area contributed by atoms with Crippen LogP contribution in [0.1, 0.15) is 29.9 Å². The number of methoxy groups -OCH3 is 1. The smallest absolute Gasteiger partial charge is 0.241 e. The van der Waals surface area contributed by atoms with Gasteiger partial charge in [-0.2, -0.15) is 4.98 Å². The number of benzene rings is 2. The molecule has 3 aromatic rings. The van der Waals surface area contributed by atoms with E-state index in [9.17, 15) is 4.79 Å². The van der Waals surface area contributed by atoms with Gasteiger partial charge >= 0.3 is 0 Å². The third-order valence-corrected chi connectivity index (χ3v) is 5.91. The first-order chi connectivity index (χ1) is 15.0. The molecule has 7 heteroatoms. The van der Waals surface area contributed by atoms with Gasteiger partial charge < -0.3 is 14.6 Å². The fourth-order valence-corrected chi connectivity index (χ4v) is 3.90. The van der Waals surface area contributed by atoms with Crippen LogP contribution in [0.15, 0.2) is 47.0 Å². The number of rotatable bonds is 6. The Bertz CT molecular complexity index is 1050. The van der Waals surface area contributed by atoms with Crippen molar-refractivity contribution in [3.8, 4) is 17.1 Å². The Morgan fingerprint density at radius 2 is 2.03 bits per heavy atom. The Morgan fingerprint density at radius 1 is 1.23 bits per heavy atom. The average molecular weight is 421 g/mol. The zero-order valence-electron chi connectivity index (χ0n) is 18.2. The molecule has 1 amide bonds. The molecule has 1 saturated heterocycles. The van der Waals surface area contributed by atoms with Crippen molar-refractivity contribution in [3.05, 3.63) is 59.5 Å². The van der Waals surface area contributed by atoms with E-state index in [1.807, 2.05) is 43.3 Å². The van der Waals surface area contributed by atoms with Crippen molar-refractivity contribution in [1.82, 2.24) is 15.0 Å². The van der Waals surface area contributed by atoms with Crippen LogP contribution in [0, 0.1) is 19.8 Å². The fraction of sp³-hybridized carbons (Fsp3) is 0.375. The second kappa shape index (κ2) is 9.31. The summed E-state index contributed by atoms with van der Waals surface area (Å²) in [6.45, 7) is 6.22. The second-order valence-corrected chi connectivity index (χ2v) is 8.05. The van der Waals surface area contributed by atoms with Gasteiger partial charge in [-0.1, -0.05) is 17.3 Å². The summed E-state index contributed by atoms with van der Waals surface area (Å²) in [5, 5.41) is 7.22. The maximum atomic E-state index is 12.9. The summed E-state index contributed by atoms with van der Waals surface area (Å²) in [6.07, 6.45) is 1.85. The number of amides is 1. The molecule has 0 radical (unpaired) electrons. The van der Waals surface area contributed by atoms with Crippen molar-refractivity contribution in [2.24, 2.45) is 5.92 Å². The minimum absolute atomic E-state index is 0.0577. The van der Waals surface area contributed by atoms with Crippen LogP contribution in [0.3, 0.4) is 0 Å². The molecule has 2 heterocycles. The Labute approximate surface area is 182 Å². The minimum atomic E-state index is -0.0577. The number of nitrogens with zero attached hydrogens (tertiary/aromatic N) is 3. The van der Waals surface area contributed by atoms with E-state index < -0.39 is 0 Å². The molecule has 162 valence electrons. The van der Waals surface area contributed by atoms with E-state index in [0.29, 0.717) is 24.8 Å². The number of hydrogen-bond donors (Lipinski definition) is 1. The molecule has 2 aromatic carbocycles. The highest BCUT2D eigenvalue weighted by Gasteiger charge is 2.27. The molecule has 1 aromatic heterocycles. The number of aromatic nitrogens is 2. The van der Waals surface area contributed by atoms with Crippen molar-refractivity contribution < 1.29 is 14.1 Å². The molecule has 0 saturated carbocycles. The first kappa shape index (κ1) is 21.1. The van der Waals surface area contributed by atoms with E-state index in [1.54, 1.807) is 7.11 Å². The standard InChI is InChI=1S/C24H28N4O3/c1-16-6-4-8-21(17(16)2)25-24(29)19-7-5-13-28(14-19)15-22-26-23(27-31-22)18-9-11-20(30-3)12-10-18/h4,6,8-12,19H,5,7,13-15H2,1-3H3,(H,25,29). The van der Waals surface area contributed by atoms with Gasteiger partial charge in [0.25, 0.3) is 0 Å². The van der Waals surface area contributed by atoms with Gasteiger partial charge in [0.1, 0.15) is 5.75 Å². The summed E-state index contributed by atoms with van der Waals surface area (Å²) in [7, 11) is 1.63. The molecule has 1 unspecified atom stereocenters. The first-order valence-electron chi connectivity index (χ1n) is 10.6. The van der Waals surface area contributed by atoms with Gasteiger partial charge in [0.2, 0.25) is 17.6 Å². The molecule has 0 spiro atoms. The van der Waals surface area contributed by atoms with Crippen molar-refractivity contribution in [2.75, 3.05) is 25.5 Å². The Balaban J connectivity index is 1.37. The Morgan fingerprint density at radius 3 is 2.81 bits per heavy atom.